The molecule has 0 spiro atoms. The van der Waals surface area contributed by atoms with Gasteiger partial charge in [0.25, 0.3) is 0 Å². The third kappa shape index (κ3) is 20.8. The number of hydrogen-bond donors (Lipinski definition) is 0. The molecule has 0 fully saturated rings. The van der Waals surface area contributed by atoms with Gasteiger partial charge >= 0.3 is 0 Å². The molecule has 0 aliphatic rings. The molecule has 0 radical (unpaired) electrons. The van der Waals surface area contributed by atoms with Gasteiger partial charge in [0.1, 0.15) is 0 Å². The van der Waals surface area contributed by atoms with Crippen LogP contribution >= 0.6 is 0 Å². The van der Waals surface area contributed by atoms with E-state index in [-0.39, 0.29) is 35.3 Å². The van der Waals surface area contributed by atoms with Crippen LogP contribution in [0.15, 0.2) is 552 Å². The van der Waals surface area contributed by atoms with Crippen LogP contribution in [-0.4, -0.2) is 49.8 Å². The number of rotatable bonds is 20. The normalized spacial score (nSPS) is 12.0. The summed E-state index contributed by atoms with van der Waals surface area (Å²) in [6.45, 7) is 2.03. The fourth-order valence-corrected chi connectivity index (χ4v) is 18.3. The van der Waals surface area contributed by atoms with E-state index in [0.29, 0.717) is 62.8 Å². The van der Waals surface area contributed by atoms with E-state index in [1.54, 1.807) is 54.7 Å². The van der Waals surface area contributed by atoms with E-state index in [9.17, 15) is 0 Å². The minimum absolute atomic E-state index is 0.0836. The zero-order chi connectivity index (χ0) is 107. The average Bonchev–Trinajstić information content (AvgIpc) is 0.779. The predicted molar refractivity (Wildman–Crippen MR) is 606 cm³/mol. The van der Waals surface area contributed by atoms with Crippen LogP contribution in [0.4, 0.5) is 0 Å². The maximum atomic E-state index is 8.41. The van der Waals surface area contributed by atoms with Crippen molar-refractivity contribution in [3.05, 3.63) is 558 Å². The molecule has 0 saturated heterocycles. The molecule has 6 heterocycles. The van der Waals surface area contributed by atoms with Gasteiger partial charge in [0.15, 0.2) is 34.9 Å². The second-order valence-electron chi connectivity index (χ2n) is 35.5. The molecule has 0 saturated carbocycles. The van der Waals surface area contributed by atoms with Crippen molar-refractivity contribution in [1.29, 1.82) is 0 Å². The first-order chi connectivity index (χ1) is 76.8. The number of aryl methyl sites for hydroxylation is 1. The molecule has 0 atom stereocenters. The van der Waals surface area contributed by atoms with E-state index in [1.165, 1.54) is 50.1 Å². The number of nitrogens with zero attached hydrogens (tertiary/aromatic N) is 10. The van der Waals surface area contributed by atoms with Gasteiger partial charge in [-0.05, 0) is 184 Å². The van der Waals surface area contributed by atoms with Gasteiger partial charge in [-0.15, -0.1) is 0 Å². The van der Waals surface area contributed by atoms with Crippen LogP contribution in [0.25, 0.3) is 246 Å². The van der Waals surface area contributed by atoms with E-state index >= 15 is 0 Å². The zero-order valence-corrected chi connectivity index (χ0v) is 79.7. The largest absolute Gasteiger partial charge is 0.256 e. The Bertz CT molecular complexity index is 9300. The fraction of sp³-hybridized carbons (Fsp3) is 0.00730. The first-order valence-corrected chi connectivity index (χ1v) is 48.5. The van der Waals surface area contributed by atoms with Crippen molar-refractivity contribution in [3.8, 4) is 224 Å². The Morgan fingerprint density at radius 1 is 0.156 bits per heavy atom. The molecule has 0 aliphatic heterocycles. The Morgan fingerprint density at radius 3 is 0.918 bits per heavy atom. The van der Waals surface area contributed by atoms with Gasteiger partial charge in [0.05, 0.1) is 41.8 Å². The van der Waals surface area contributed by atoms with Crippen LogP contribution in [0, 0.1) is 6.92 Å². The van der Waals surface area contributed by atoms with Crippen LogP contribution in [0.1, 0.15) is 19.4 Å². The Morgan fingerprint density at radius 2 is 0.463 bits per heavy atom. The van der Waals surface area contributed by atoms with Crippen molar-refractivity contribution in [2.75, 3.05) is 0 Å². The molecule has 6 aromatic heterocycles. The number of aromatic nitrogens is 10. The molecule has 147 heavy (non-hydrogen) atoms. The van der Waals surface area contributed by atoms with Gasteiger partial charge in [0.2, 0.25) is 0 Å². The first kappa shape index (κ1) is 80.0. The molecule has 0 amide bonds. The first-order valence-electron chi connectivity index (χ1n) is 53.5. The van der Waals surface area contributed by atoms with Gasteiger partial charge < -0.3 is 0 Å². The van der Waals surface area contributed by atoms with Crippen molar-refractivity contribution >= 4 is 21.8 Å². The summed E-state index contributed by atoms with van der Waals surface area (Å²) in [6, 6.07) is 159. The van der Waals surface area contributed by atoms with Gasteiger partial charge in [-0.2, -0.15) is 0 Å². The SMILES string of the molecule is Cc1ccc2cc(-c3ccc(-c4cccc(-c5cc(-c6ccc(-c7ccccc7)cc6)nc(-c6ccccc6-c6ccccc6)c5)c4)cc3)ccc2n1.[2H]c1c([2H])c([2H])c(-c2ccc(-c3nc(-c4ccc(-c5c([2H])c([2H])c([2H])c([2H])c5[2H])cc4)nc(-c4ccc(-c5cccc6cccnc56)cc4)n3)cc2)c([2H])c1[2H].c1ccc(-c2ccc(-c3nc(-c4ccc(-c5ccccc5)cc4)nc(-c4cccc(-c5ccc(-c6ccccn6)cc5)c4)n3)cc2)cc1. The second kappa shape index (κ2) is 42.4. The molecule has 25 aromatic rings. The quantitative estimate of drug-likeness (QED) is 0.0727. The second-order valence-corrected chi connectivity index (χ2v) is 35.5. The van der Waals surface area contributed by atoms with Crippen molar-refractivity contribution in [2.24, 2.45) is 0 Å². The summed E-state index contributed by atoms with van der Waals surface area (Å²) in [4.78, 5) is 48.6. The Hall–Kier alpha value is -19.7. The lowest BCUT2D eigenvalue weighted by Crippen LogP contribution is -2.00. The van der Waals surface area contributed by atoms with Gasteiger partial charge in [-0.25, -0.2) is 34.9 Å². The van der Waals surface area contributed by atoms with E-state index < -0.39 is 36.3 Å². The summed E-state index contributed by atoms with van der Waals surface area (Å²) in [5.74, 6) is 2.89. The highest BCUT2D eigenvalue weighted by Crippen LogP contribution is 2.42. The monoisotopic (exact) mass is 1890 g/mol. The molecule has 0 aliphatic carbocycles. The fourth-order valence-electron chi connectivity index (χ4n) is 18.3. The third-order valence-electron chi connectivity index (χ3n) is 26.0. The van der Waals surface area contributed by atoms with Gasteiger partial charge in [0, 0.05) is 84.5 Å². The summed E-state index contributed by atoms with van der Waals surface area (Å²) in [7, 11) is 0. The lowest BCUT2D eigenvalue weighted by atomic mass is 9.93. The molecule has 0 unspecified atom stereocenters. The summed E-state index contributed by atoms with van der Waals surface area (Å²) in [6.07, 6.45) is 3.58. The number of benzene rings is 19. The average molecular weight is 1890 g/mol. The maximum absolute atomic E-state index is 8.41. The van der Waals surface area contributed by atoms with Crippen LogP contribution in [0.2, 0.25) is 0 Å². The summed E-state index contributed by atoms with van der Waals surface area (Å²) in [5.41, 5.74) is 35.2. The predicted octanol–water partition coefficient (Wildman–Crippen LogP) is 35.0. The van der Waals surface area contributed by atoms with Gasteiger partial charge in [-0.1, -0.05) is 479 Å². The topological polar surface area (TPSA) is 129 Å². The van der Waals surface area contributed by atoms with E-state index in [4.69, 9.17) is 48.6 Å². The van der Waals surface area contributed by atoms with Crippen molar-refractivity contribution in [1.82, 2.24) is 49.8 Å². The molecular formula is C137H94N10. The number of para-hydroxylation sites is 1. The van der Waals surface area contributed by atoms with Crippen molar-refractivity contribution in [2.45, 2.75) is 6.92 Å². The van der Waals surface area contributed by atoms with Crippen LogP contribution < -0.4 is 0 Å². The molecule has 19 aromatic carbocycles. The van der Waals surface area contributed by atoms with Crippen molar-refractivity contribution < 1.29 is 13.7 Å². The zero-order valence-electron chi connectivity index (χ0n) is 89.7. The Balaban J connectivity index is 0.000000128. The molecule has 692 valence electrons. The molecule has 10 nitrogen and oxygen atoms in total. The molecular weight excluding hydrogens is 1790 g/mol. The lowest BCUT2D eigenvalue weighted by Gasteiger charge is -2.14. The van der Waals surface area contributed by atoms with Crippen LogP contribution in [-0.2, 0) is 0 Å². The Labute approximate surface area is 869 Å². The smallest absolute Gasteiger partial charge is 0.164 e. The summed E-state index contributed by atoms with van der Waals surface area (Å²) in [5, 5.41) is 2.18. The molecule has 0 bridgehead atoms. The minimum Gasteiger partial charge on any atom is -0.256 e. The van der Waals surface area contributed by atoms with Crippen LogP contribution in [0.5, 0.6) is 0 Å². The van der Waals surface area contributed by atoms with Gasteiger partial charge in [-0.3, -0.25) is 15.0 Å². The van der Waals surface area contributed by atoms with E-state index in [1.807, 2.05) is 98.0 Å². The number of fused-ring (bicyclic) bond motifs is 2. The molecule has 10 heteroatoms. The standard InChI is InChI=1S/C51H36N2.C44H30N4.C42H28N4/c1-35-19-20-45-32-44(29-30-49(45)52-35)39-23-21-38(22-24-39)42-15-10-16-43(31-42)46-33-50(41-27-25-37(26-28-41)36-11-4-2-5-12-36)53-51(34-46)48-18-9-8-17-47(48)40-13-6-3-7-14-40;1-3-10-31(11-4-1)33-19-25-37(26-20-33)42-46-43(38-27-21-34(22-28-38)32-12-5-2-6-13-32)48-44(47-42)40-15-9-14-39(30-40)35-17-23-36(24-18-35)41-16-7-8-29-45-41;1-3-9-29(10-4-1)31-16-22-35(23-17-31)40-44-41(36-24-18-32(19-25-36)30-11-5-2-6-12-30)46-42(45-40)37-26-20-33(21-27-37)38-15-7-13-34-14-8-28-43-39(34)38/h2-34H,1H3;1-30H;1-28H/i;;1D,2D,3D,4D,5D,6D,9D,10D,11D,12D. The van der Waals surface area contributed by atoms with E-state index in [0.717, 1.165) is 128 Å². The third-order valence-corrected chi connectivity index (χ3v) is 26.0. The highest BCUT2D eigenvalue weighted by atomic mass is 15.0. The highest BCUT2D eigenvalue weighted by Gasteiger charge is 2.21. The van der Waals surface area contributed by atoms with E-state index in [2.05, 4.69) is 361 Å². The molecule has 25 rings (SSSR count). The number of pyridine rings is 4. The minimum atomic E-state index is -0.464. The number of hydrogen-bond acceptors (Lipinski definition) is 10. The Kier molecular flexibility index (Phi) is 23.1. The van der Waals surface area contributed by atoms with Crippen LogP contribution in [0.3, 0.4) is 0 Å². The summed E-state index contributed by atoms with van der Waals surface area (Å²) < 4.78 is 82.0. The maximum Gasteiger partial charge on any atom is 0.164 e. The highest BCUT2D eigenvalue weighted by molar-refractivity contribution is 5.95. The van der Waals surface area contributed by atoms with Crippen molar-refractivity contribution in [3.63, 3.8) is 0 Å². The lowest BCUT2D eigenvalue weighted by molar-refractivity contribution is 1.07. The molecule has 0 N–H and O–H groups in total. The summed E-state index contributed by atoms with van der Waals surface area (Å²) >= 11 is 0.